The van der Waals surface area contributed by atoms with Gasteiger partial charge in [0, 0.05) is 40.0 Å². The molecule has 5 N–H and O–H groups in total. The van der Waals surface area contributed by atoms with Crippen molar-refractivity contribution in [3.8, 4) is 0 Å². The molecule has 13 nitrogen and oxygen atoms in total. The number of amides is 1. The Morgan fingerprint density at radius 2 is 1.94 bits per heavy atom. The number of nitrogens with two attached hydrogens (primary N) is 1. The van der Waals surface area contributed by atoms with E-state index in [1.807, 2.05) is 0 Å². The van der Waals surface area contributed by atoms with E-state index in [0.29, 0.717) is 0 Å². The van der Waals surface area contributed by atoms with Crippen LogP contribution in [0.2, 0.25) is 0 Å². The number of rotatable bonds is 5. The van der Waals surface area contributed by atoms with Gasteiger partial charge in [-0.1, -0.05) is 0 Å². The minimum Gasteiger partial charge on any atom is -0.480 e. The normalized spacial score (nSPS) is 25.0. The van der Waals surface area contributed by atoms with Crippen molar-refractivity contribution in [2.24, 2.45) is 19.8 Å². The lowest BCUT2D eigenvalue weighted by atomic mass is 9.91. The van der Waals surface area contributed by atoms with Gasteiger partial charge < -0.3 is 30.5 Å². The van der Waals surface area contributed by atoms with Crippen LogP contribution in [0.3, 0.4) is 0 Å². The number of fused-ring (bicyclic) bond motifs is 1. The van der Waals surface area contributed by atoms with Gasteiger partial charge in [-0.05, 0) is 13.3 Å². The van der Waals surface area contributed by atoms with Crippen LogP contribution >= 0.6 is 0 Å². The number of carboxylic acid groups (broad SMARTS) is 1. The molecule has 1 saturated heterocycles. The van der Waals surface area contributed by atoms with Crippen LogP contribution in [0.4, 0.5) is 0 Å². The molecule has 1 amide bonds. The van der Waals surface area contributed by atoms with E-state index in [0.717, 1.165) is 4.57 Å². The minimum absolute atomic E-state index is 0.0668. The maximum absolute atomic E-state index is 12.9. The van der Waals surface area contributed by atoms with E-state index >= 15 is 0 Å². The molecule has 13 heteroatoms. The second-order valence-corrected chi connectivity index (χ2v) is 8.54. The number of imidazole rings is 1. The van der Waals surface area contributed by atoms with Gasteiger partial charge >= 0.3 is 11.7 Å². The van der Waals surface area contributed by atoms with Crippen molar-refractivity contribution >= 4 is 23.0 Å². The standard InChI is InChI=1S/C19H28N6O7/c1-19(32)6-10(26)7-24(13(27)5-4-11(20)17(29)30)8-12(19)25-9-21-15-14(25)16(28)23(3)18(31)22(15)2/h9-12,26,32H,4-8,20H2,1-3H3,(H,29,30)/t10-,11-,12+,19+/m1/s1. The van der Waals surface area contributed by atoms with Crippen LogP contribution in [0.5, 0.6) is 0 Å². The Morgan fingerprint density at radius 3 is 2.56 bits per heavy atom. The third-order valence-corrected chi connectivity index (χ3v) is 6.04. The van der Waals surface area contributed by atoms with Crippen LogP contribution in [-0.4, -0.2) is 81.6 Å². The van der Waals surface area contributed by atoms with Gasteiger partial charge in [0.1, 0.15) is 6.04 Å². The first-order valence-corrected chi connectivity index (χ1v) is 10.1. The number of hydrogen-bond donors (Lipinski definition) is 4. The van der Waals surface area contributed by atoms with Gasteiger partial charge in [0.05, 0.1) is 24.1 Å². The number of aliphatic carboxylic acids is 1. The monoisotopic (exact) mass is 452 g/mol. The molecule has 176 valence electrons. The molecule has 2 aromatic heterocycles. The van der Waals surface area contributed by atoms with Crippen LogP contribution in [0, 0.1) is 0 Å². The van der Waals surface area contributed by atoms with Gasteiger partial charge in [-0.2, -0.15) is 0 Å². The van der Waals surface area contributed by atoms with Gasteiger partial charge in [-0.15, -0.1) is 0 Å². The quantitative estimate of drug-likeness (QED) is 0.381. The fraction of sp³-hybridized carbons (Fsp3) is 0.632. The number of nitrogens with zero attached hydrogens (tertiary/aromatic N) is 5. The van der Waals surface area contributed by atoms with Crippen LogP contribution in [0.25, 0.3) is 11.2 Å². The van der Waals surface area contributed by atoms with Gasteiger partial charge in [0.2, 0.25) is 5.91 Å². The highest BCUT2D eigenvalue weighted by molar-refractivity contribution is 5.78. The number of likely N-dealkylation sites (tertiary alicyclic amines) is 1. The van der Waals surface area contributed by atoms with E-state index in [-0.39, 0.29) is 43.5 Å². The van der Waals surface area contributed by atoms with Crippen molar-refractivity contribution in [1.82, 2.24) is 23.6 Å². The van der Waals surface area contributed by atoms with Crippen molar-refractivity contribution in [2.75, 3.05) is 13.1 Å². The van der Waals surface area contributed by atoms with E-state index < -0.39 is 46.9 Å². The molecule has 0 radical (unpaired) electrons. The third-order valence-electron chi connectivity index (χ3n) is 6.04. The molecule has 2 aromatic rings. The Labute approximate surface area is 182 Å². The van der Waals surface area contributed by atoms with E-state index in [2.05, 4.69) is 4.98 Å². The number of carbonyl (C=O) groups is 2. The fourth-order valence-electron chi connectivity index (χ4n) is 4.16. The predicted molar refractivity (Wildman–Crippen MR) is 112 cm³/mol. The Morgan fingerprint density at radius 1 is 1.28 bits per heavy atom. The lowest BCUT2D eigenvalue weighted by molar-refractivity contribution is -0.139. The zero-order valence-corrected chi connectivity index (χ0v) is 18.1. The zero-order valence-electron chi connectivity index (χ0n) is 18.1. The molecule has 0 unspecified atom stereocenters. The first-order valence-electron chi connectivity index (χ1n) is 10.1. The molecule has 32 heavy (non-hydrogen) atoms. The zero-order chi connectivity index (χ0) is 24.0. The average Bonchev–Trinajstić information content (AvgIpc) is 3.10. The summed E-state index contributed by atoms with van der Waals surface area (Å²) < 4.78 is 3.57. The maximum Gasteiger partial charge on any atom is 0.332 e. The molecule has 1 fully saturated rings. The van der Waals surface area contributed by atoms with Crippen LogP contribution < -0.4 is 17.0 Å². The number of β-amino-alcohol motifs (C(OH)–C–C–N with tert-alkyl or cyclic N) is 1. The summed E-state index contributed by atoms with van der Waals surface area (Å²) in [6.07, 6.45) is -0.0455. The molecular formula is C19H28N6O7. The number of aromatic nitrogens is 4. The maximum atomic E-state index is 12.9. The van der Waals surface area contributed by atoms with Crippen molar-refractivity contribution in [1.29, 1.82) is 0 Å². The molecule has 0 spiro atoms. The van der Waals surface area contributed by atoms with Crippen molar-refractivity contribution < 1.29 is 24.9 Å². The Hall–Kier alpha value is -3.03. The molecule has 4 atom stereocenters. The summed E-state index contributed by atoms with van der Waals surface area (Å²) in [5, 5.41) is 30.5. The molecule has 3 rings (SSSR count). The molecular weight excluding hydrogens is 424 g/mol. The fourth-order valence-corrected chi connectivity index (χ4v) is 4.16. The SMILES string of the molecule is Cn1c(=O)c2c(ncn2[C@H]2CN(C(=O)CC[C@@H](N)C(=O)O)C[C@H](O)C[C@]2(C)O)n(C)c1=O. The summed E-state index contributed by atoms with van der Waals surface area (Å²) in [4.78, 5) is 54.3. The Kier molecular flexibility index (Phi) is 6.26. The van der Waals surface area contributed by atoms with Crippen molar-refractivity contribution in [3.63, 3.8) is 0 Å². The smallest absolute Gasteiger partial charge is 0.332 e. The van der Waals surface area contributed by atoms with Crippen LogP contribution in [-0.2, 0) is 23.7 Å². The van der Waals surface area contributed by atoms with Crippen LogP contribution in [0.1, 0.15) is 32.2 Å². The summed E-state index contributed by atoms with van der Waals surface area (Å²) in [5.41, 5.74) is 3.00. The number of aliphatic hydroxyl groups excluding tert-OH is 1. The number of carboxylic acids is 1. The summed E-state index contributed by atoms with van der Waals surface area (Å²) in [5.74, 6) is -1.66. The molecule has 0 saturated carbocycles. The average molecular weight is 452 g/mol. The molecule has 3 heterocycles. The van der Waals surface area contributed by atoms with Gasteiger partial charge in [-0.25, -0.2) is 9.78 Å². The number of hydrogen-bond acceptors (Lipinski definition) is 8. The van der Waals surface area contributed by atoms with Crippen molar-refractivity contribution in [3.05, 3.63) is 27.2 Å². The Balaban J connectivity index is 2.03. The molecule has 0 aliphatic carbocycles. The highest BCUT2D eigenvalue weighted by Gasteiger charge is 2.42. The number of aliphatic hydroxyl groups is 2. The molecule has 1 aliphatic heterocycles. The predicted octanol–water partition coefficient (Wildman–Crippen LogP) is -2.49. The topological polar surface area (TPSA) is 186 Å². The molecule has 0 bridgehead atoms. The third kappa shape index (κ3) is 4.18. The lowest BCUT2D eigenvalue weighted by Gasteiger charge is -2.34. The first kappa shape index (κ1) is 23.6. The highest BCUT2D eigenvalue weighted by Crippen LogP contribution is 2.33. The van der Waals surface area contributed by atoms with E-state index in [9.17, 15) is 29.4 Å². The highest BCUT2D eigenvalue weighted by atomic mass is 16.4. The molecule has 1 aliphatic rings. The van der Waals surface area contributed by atoms with E-state index in [1.165, 1.54) is 41.4 Å². The number of aryl methyl sites for hydroxylation is 1. The first-order chi connectivity index (χ1) is 14.8. The summed E-state index contributed by atoms with van der Waals surface area (Å²) in [6.45, 7) is 1.35. The van der Waals surface area contributed by atoms with Crippen molar-refractivity contribution in [2.45, 2.75) is 50.0 Å². The summed E-state index contributed by atoms with van der Waals surface area (Å²) in [6, 6.07) is -2.07. The summed E-state index contributed by atoms with van der Waals surface area (Å²) >= 11 is 0. The van der Waals surface area contributed by atoms with E-state index in [4.69, 9.17) is 10.8 Å². The van der Waals surface area contributed by atoms with Gasteiger partial charge in [0.15, 0.2) is 11.2 Å². The number of carbonyl (C=O) groups excluding carboxylic acids is 1. The van der Waals surface area contributed by atoms with Gasteiger partial charge in [0.25, 0.3) is 5.56 Å². The lowest BCUT2D eigenvalue weighted by Crippen LogP contribution is -2.44. The van der Waals surface area contributed by atoms with E-state index in [1.54, 1.807) is 0 Å². The Bertz CT molecular complexity index is 1160. The van der Waals surface area contributed by atoms with Crippen LogP contribution in [0.15, 0.2) is 15.9 Å². The second-order valence-electron chi connectivity index (χ2n) is 8.54. The molecule has 0 aromatic carbocycles. The summed E-state index contributed by atoms with van der Waals surface area (Å²) in [7, 11) is 2.80. The van der Waals surface area contributed by atoms with Gasteiger partial charge in [-0.3, -0.25) is 23.5 Å². The largest absolute Gasteiger partial charge is 0.480 e. The second kappa shape index (κ2) is 8.48. The minimum atomic E-state index is -1.53.